The van der Waals surface area contributed by atoms with Crippen molar-refractivity contribution >= 4 is 6.03 Å². The number of likely N-dealkylation sites (tertiary alicyclic amines) is 2. The van der Waals surface area contributed by atoms with Gasteiger partial charge in [-0.2, -0.15) is 9.78 Å². The van der Waals surface area contributed by atoms with Gasteiger partial charge in [0.15, 0.2) is 0 Å². The highest BCUT2D eigenvalue weighted by molar-refractivity contribution is 5.76. The number of rotatable bonds is 4. The normalized spacial score (nSPS) is 25.0. The van der Waals surface area contributed by atoms with Crippen LogP contribution in [0.15, 0.2) is 36.7 Å². The van der Waals surface area contributed by atoms with Crippen LogP contribution in [0.25, 0.3) is 0 Å². The van der Waals surface area contributed by atoms with Gasteiger partial charge in [-0.3, -0.25) is 9.80 Å². The van der Waals surface area contributed by atoms with Crippen LogP contribution in [-0.4, -0.2) is 83.0 Å². The second-order valence-corrected chi connectivity index (χ2v) is 9.07. The minimum atomic E-state index is 0.0138. The summed E-state index contributed by atoms with van der Waals surface area (Å²) in [4.78, 5) is 19.6. The van der Waals surface area contributed by atoms with Gasteiger partial charge in [0.25, 0.3) is 0 Å². The predicted molar refractivity (Wildman–Crippen MR) is 114 cm³/mol. The second-order valence-electron chi connectivity index (χ2n) is 9.07. The first kappa shape index (κ1) is 19.7. The number of morpholine rings is 1. The molecule has 2 atom stereocenters. The molecular formula is C23H31N5O2. The van der Waals surface area contributed by atoms with Crippen LogP contribution in [0, 0.1) is 18.8 Å². The fourth-order valence-electron chi connectivity index (χ4n) is 5.06. The fourth-order valence-corrected chi connectivity index (χ4v) is 5.06. The summed E-state index contributed by atoms with van der Waals surface area (Å²) >= 11 is 0. The van der Waals surface area contributed by atoms with E-state index >= 15 is 0 Å². The number of benzene rings is 1. The third-order valence-electron chi connectivity index (χ3n) is 6.68. The predicted octanol–water partition coefficient (Wildman–Crippen LogP) is 2.06. The van der Waals surface area contributed by atoms with Crippen molar-refractivity contribution in [2.45, 2.75) is 20.0 Å². The Morgan fingerprint density at radius 2 is 1.57 bits per heavy atom. The SMILES string of the molecule is Cc1cnn(C(=O)N2CC3CN(Cc4ccc(CN5CCOCC5)cc4)CC3C2)c1. The maximum atomic E-state index is 12.6. The average molecular weight is 410 g/mol. The molecule has 5 rings (SSSR count). The lowest BCUT2D eigenvalue weighted by molar-refractivity contribution is 0.0342. The van der Waals surface area contributed by atoms with Crippen molar-refractivity contribution in [3.8, 4) is 0 Å². The molecule has 2 unspecified atom stereocenters. The van der Waals surface area contributed by atoms with E-state index in [1.807, 2.05) is 18.0 Å². The number of aryl methyl sites for hydroxylation is 1. The third-order valence-corrected chi connectivity index (χ3v) is 6.68. The van der Waals surface area contributed by atoms with E-state index in [1.54, 1.807) is 6.20 Å². The van der Waals surface area contributed by atoms with Crippen molar-refractivity contribution in [2.75, 3.05) is 52.5 Å². The molecule has 1 aromatic carbocycles. The van der Waals surface area contributed by atoms with Crippen molar-refractivity contribution in [3.63, 3.8) is 0 Å². The lowest BCUT2D eigenvalue weighted by Crippen LogP contribution is -2.36. The van der Waals surface area contributed by atoms with E-state index in [2.05, 4.69) is 39.2 Å². The quantitative estimate of drug-likeness (QED) is 0.774. The van der Waals surface area contributed by atoms with Gasteiger partial charge >= 0.3 is 6.03 Å². The molecule has 3 aliphatic heterocycles. The van der Waals surface area contributed by atoms with Crippen molar-refractivity contribution in [1.82, 2.24) is 24.5 Å². The molecule has 3 aliphatic rings. The van der Waals surface area contributed by atoms with Crippen LogP contribution in [0.3, 0.4) is 0 Å². The molecule has 0 saturated carbocycles. The first-order valence-corrected chi connectivity index (χ1v) is 11.0. The van der Waals surface area contributed by atoms with Crippen LogP contribution in [0.5, 0.6) is 0 Å². The molecule has 4 heterocycles. The number of ether oxygens (including phenoxy) is 1. The topological polar surface area (TPSA) is 53.8 Å². The van der Waals surface area contributed by atoms with Gasteiger partial charge in [-0.05, 0) is 35.4 Å². The molecule has 0 radical (unpaired) electrons. The number of nitrogens with zero attached hydrogens (tertiary/aromatic N) is 5. The average Bonchev–Trinajstić information content (AvgIpc) is 3.45. The number of hydrogen-bond acceptors (Lipinski definition) is 5. The Hall–Kier alpha value is -2.22. The monoisotopic (exact) mass is 409 g/mol. The molecule has 2 aromatic rings. The maximum absolute atomic E-state index is 12.6. The number of hydrogen-bond donors (Lipinski definition) is 0. The van der Waals surface area contributed by atoms with Gasteiger partial charge in [0, 0.05) is 58.6 Å². The number of carbonyl (C=O) groups excluding carboxylic acids is 1. The van der Waals surface area contributed by atoms with Crippen LogP contribution in [-0.2, 0) is 17.8 Å². The maximum Gasteiger partial charge on any atom is 0.344 e. The molecule has 3 saturated heterocycles. The van der Waals surface area contributed by atoms with Gasteiger partial charge in [0.05, 0.1) is 19.4 Å². The first-order chi connectivity index (χ1) is 14.6. The van der Waals surface area contributed by atoms with Crippen LogP contribution < -0.4 is 0 Å². The van der Waals surface area contributed by atoms with Gasteiger partial charge in [0.2, 0.25) is 0 Å². The van der Waals surface area contributed by atoms with Crippen LogP contribution >= 0.6 is 0 Å². The molecule has 1 amide bonds. The highest BCUT2D eigenvalue weighted by atomic mass is 16.5. The molecule has 0 bridgehead atoms. The Labute approximate surface area is 178 Å². The Morgan fingerprint density at radius 3 is 2.13 bits per heavy atom. The summed E-state index contributed by atoms with van der Waals surface area (Å²) in [5, 5.41) is 4.17. The smallest absolute Gasteiger partial charge is 0.344 e. The number of fused-ring (bicyclic) bond motifs is 1. The lowest BCUT2D eigenvalue weighted by atomic mass is 10.0. The Bertz CT molecular complexity index is 860. The van der Waals surface area contributed by atoms with E-state index in [0.29, 0.717) is 11.8 Å². The van der Waals surface area contributed by atoms with E-state index in [9.17, 15) is 4.79 Å². The van der Waals surface area contributed by atoms with E-state index in [4.69, 9.17) is 4.74 Å². The van der Waals surface area contributed by atoms with Crippen LogP contribution in [0.1, 0.15) is 16.7 Å². The fraction of sp³-hybridized carbons (Fsp3) is 0.565. The minimum absolute atomic E-state index is 0.0138. The molecule has 1 aromatic heterocycles. The summed E-state index contributed by atoms with van der Waals surface area (Å²) in [5.74, 6) is 1.15. The molecule has 7 nitrogen and oxygen atoms in total. The molecule has 0 N–H and O–H groups in total. The van der Waals surface area contributed by atoms with Gasteiger partial charge in [0.1, 0.15) is 0 Å². The van der Waals surface area contributed by atoms with Crippen molar-refractivity contribution in [3.05, 3.63) is 53.3 Å². The zero-order chi connectivity index (χ0) is 20.5. The number of amides is 1. The first-order valence-electron chi connectivity index (χ1n) is 11.0. The van der Waals surface area contributed by atoms with Crippen molar-refractivity contribution in [2.24, 2.45) is 11.8 Å². The summed E-state index contributed by atoms with van der Waals surface area (Å²) in [6.07, 6.45) is 3.55. The largest absolute Gasteiger partial charge is 0.379 e. The second kappa shape index (κ2) is 8.49. The lowest BCUT2D eigenvalue weighted by Gasteiger charge is -2.26. The van der Waals surface area contributed by atoms with Gasteiger partial charge < -0.3 is 9.64 Å². The zero-order valence-electron chi connectivity index (χ0n) is 17.7. The molecule has 0 spiro atoms. The van der Waals surface area contributed by atoms with E-state index in [1.165, 1.54) is 15.8 Å². The molecule has 160 valence electrons. The molecule has 30 heavy (non-hydrogen) atoms. The van der Waals surface area contributed by atoms with Crippen LogP contribution in [0.2, 0.25) is 0 Å². The standard InChI is InChI=1S/C23H31N5O2/c1-18-10-24-28(11-18)23(29)27-16-21-14-26(15-22(21)17-27)13-20-4-2-19(3-5-20)12-25-6-8-30-9-7-25/h2-5,10-11,21-22H,6-9,12-17H2,1H3. The minimum Gasteiger partial charge on any atom is -0.379 e. The highest BCUT2D eigenvalue weighted by Gasteiger charge is 2.41. The van der Waals surface area contributed by atoms with Gasteiger partial charge in [-0.25, -0.2) is 4.79 Å². The van der Waals surface area contributed by atoms with Crippen LogP contribution in [0.4, 0.5) is 4.79 Å². The Morgan fingerprint density at radius 1 is 0.967 bits per heavy atom. The summed E-state index contributed by atoms with van der Waals surface area (Å²) in [6, 6.07) is 9.11. The van der Waals surface area contributed by atoms with E-state index in [0.717, 1.165) is 71.1 Å². The number of aromatic nitrogens is 2. The summed E-state index contributed by atoms with van der Waals surface area (Å²) < 4.78 is 6.91. The summed E-state index contributed by atoms with van der Waals surface area (Å²) in [6.45, 7) is 11.5. The van der Waals surface area contributed by atoms with Crippen molar-refractivity contribution < 1.29 is 9.53 Å². The Balaban J connectivity index is 1.11. The molecule has 7 heteroatoms. The summed E-state index contributed by atoms with van der Waals surface area (Å²) in [7, 11) is 0. The Kier molecular flexibility index (Phi) is 5.58. The van der Waals surface area contributed by atoms with E-state index < -0.39 is 0 Å². The van der Waals surface area contributed by atoms with Gasteiger partial charge in [-0.1, -0.05) is 24.3 Å². The molecule has 0 aliphatic carbocycles. The summed E-state index contributed by atoms with van der Waals surface area (Å²) in [5.41, 5.74) is 3.77. The zero-order valence-corrected chi connectivity index (χ0v) is 17.7. The molecule has 3 fully saturated rings. The third kappa shape index (κ3) is 4.29. The van der Waals surface area contributed by atoms with Gasteiger partial charge in [-0.15, -0.1) is 0 Å². The highest BCUT2D eigenvalue weighted by Crippen LogP contribution is 2.32. The van der Waals surface area contributed by atoms with E-state index in [-0.39, 0.29) is 6.03 Å². The molecular weight excluding hydrogens is 378 g/mol. The number of carbonyl (C=O) groups is 1. The van der Waals surface area contributed by atoms with Crippen molar-refractivity contribution in [1.29, 1.82) is 0 Å².